The normalized spacial score (nSPS) is 27.8. The molecule has 0 spiro atoms. The molecule has 2 aliphatic heterocycles. The molecule has 0 aliphatic carbocycles. The van der Waals surface area contributed by atoms with Gasteiger partial charge >= 0.3 is 0 Å². The average molecular weight is 310 g/mol. The molecule has 2 aromatic heterocycles. The summed E-state index contributed by atoms with van der Waals surface area (Å²) in [7, 11) is -3.04. The van der Waals surface area contributed by atoms with Gasteiger partial charge in [-0.25, -0.2) is 23.4 Å². The summed E-state index contributed by atoms with van der Waals surface area (Å²) in [6.45, 7) is 0. The summed E-state index contributed by atoms with van der Waals surface area (Å²) in [5.74, 6) is 0.741. The number of H-pyrrole nitrogens is 1. The van der Waals surface area contributed by atoms with E-state index in [1.54, 1.807) is 4.90 Å². The molecule has 2 saturated heterocycles. The van der Waals surface area contributed by atoms with Gasteiger partial charge in [0.25, 0.3) is 0 Å². The molecule has 2 fully saturated rings. The van der Waals surface area contributed by atoms with Gasteiger partial charge in [-0.2, -0.15) is 0 Å². The molecule has 0 saturated carbocycles. The van der Waals surface area contributed by atoms with Gasteiger partial charge in [-0.05, 0) is 12.2 Å². The van der Waals surface area contributed by atoms with E-state index in [9.17, 15) is 8.42 Å². The summed E-state index contributed by atoms with van der Waals surface area (Å²) in [6.07, 6.45) is 2.93. The fourth-order valence-electron chi connectivity index (χ4n) is 2.79. The summed E-state index contributed by atoms with van der Waals surface area (Å²) in [4.78, 5) is 17.1. The number of aromatic nitrogens is 4. The topological polar surface area (TPSA) is 104 Å². The van der Waals surface area contributed by atoms with Gasteiger partial charge < -0.3 is 10.3 Å². The lowest BCUT2D eigenvalue weighted by atomic mass is 10.2. The van der Waals surface area contributed by atoms with E-state index in [0.717, 1.165) is 0 Å². The van der Waals surface area contributed by atoms with Crippen molar-refractivity contribution in [3.05, 3.63) is 12.7 Å². The van der Waals surface area contributed by atoms with Crippen molar-refractivity contribution >= 4 is 44.1 Å². The van der Waals surface area contributed by atoms with Gasteiger partial charge in [-0.15, -0.1) is 0 Å². The Morgan fingerprint density at radius 2 is 2.15 bits per heavy atom. The van der Waals surface area contributed by atoms with Crippen molar-refractivity contribution in [1.29, 1.82) is 0 Å². The van der Waals surface area contributed by atoms with Gasteiger partial charge in [-0.3, -0.25) is 4.90 Å². The average Bonchev–Trinajstić information content (AvgIpc) is 3.00. The highest BCUT2D eigenvalue weighted by Crippen LogP contribution is 2.30. The Labute approximate surface area is 119 Å². The lowest BCUT2D eigenvalue weighted by Gasteiger charge is -2.21. The predicted molar refractivity (Wildman–Crippen MR) is 76.1 cm³/mol. The number of rotatable bonds is 1. The predicted octanol–water partition coefficient (Wildman–Crippen LogP) is -0.787. The molecule has 20 heavy (non-hydrogen) atoms. The van der Waals surface area contributed by atoms with Crippen LogP contribution < -0.4 is 10.2 Å². The van der Waals surface area contributed by atoms with Crippen molar-refractivity contribution in [2.24, 2.45) is 0 Å². The van der Waals surface area contributed by atoms with Gasteiger partial charge in [0.05, 0.1) is 29.9 Å². The maximum absolute atomic E-state index is 11.8. The number of hydrogen-bond donors (Lipinski definition) is 2. The second kappa shape index (κ2) is 3.85. The molecule has 0 aromatic carbocycles. The van der Waals surface area contributed by atoms with Gasteiger partial charge in [0.1, 0.15) is 11.8 Å². The number of imidazole rings is 1. The Morgan fingerprint density at radius 1 is 1.30 bits per heavy atom. The maximum Gasteiger partial charge on any atom is 0.182 e. The van der Waals surface area contributed by atoms with E-state index in [-0.39, 0.29) is 23.6 Å². The molecule has 0 bridgehead atoms. The van der Waals surface area contributed by atoms with Crippen LogP contribution in [0.15, 0.2) is 12.7 Å². The molecule has 8 nitrogen and oxygen atoms in total. The van der Waals surface area contributed by atoms with E-state index in [1.807, 2.05) is 0 Å². The number of thiocarbonyl (C=S) groups is 1. The van der Waals surface area contributed by atoms with E-state index in [0.29, 0.717) is 22.1 Å². The van der Waals surface area contributed by atoms with Crippen LogP contribution in [0.2, 0.25) is 0 Å². The van der Waals surface area contributed by atoms with Crippen LogP contribution in [0.25, 0.3) is 11.2 Å². The van der Waals surface area contributed by atoms with E-state index in [2.05, 4.69) is 25.3 Å². The first-order chi connectivity index (χ1) is 9.55. The number of fused-ring (bicyclic) bond motifs is 2. The van der Waals surface area contributed by atoms with Gasteiger partial charge in [0.15, 0.2) is 26.4 Å². The van der Waals surface area contributed by atoms with Gasteiger partial charge in [0, 0.05) is 0 Å². The van der Waals surface area contributed by atoms with E-state index < -0.39 is 9.84 Å². The highest BCUT2D eigenvalue weighted by molar-refractivity contribution is 7.91. The molecule has 2 atom stereocenters. The molecule has 0 amide bonds. The van der Waals surface area contributed by atoms with E-state index in [4.69, 9.17) is 12.2 Å². The fourth-order valence-corrected chi connectivity index (χ4v) is 5.05. The monoisotopic (exact) mass is 310 g/mol. The molecular formula is C10H10N6O2S2. The Bertz CT molecular complexity index is 816. The number of anilines is 1. The Balaban J connectivity index is 1.85. The number of nitrogens with one attached hydrogen (secondary N) is 2. The molecule has 2 aromatic rings. The maximum atomic E-state index is 11.8. The van der Waals surface area contributed by atoms with Crippen LogP contribution in [0.4, 0.5) is 5.82 Å². The number of hydrogen-bond acceptors (Lipinski definition) is 6. The Hall–Kier alpha value is -1.81. The SMILES string of the molecule is O=S1(=O)C[C@@H]2[C@@H](C1)NC(=S)N2c1ncnc2nc[nH]c12. The van der Waals surface area contributed by atoms with Crippen LogP contribution in [0.3, 0.4) is 0 Å². The minimum absolute atomic E-state index is 0.0738. The largest absolute Gasteiger partial charge is 0.356 e. The van der Waals surface area contributed by atoms with Crippen LogP contribution in [0.5, 0.6) is 0 Å². The molecule has 4 heterocycles. The highest BCUT2D eigenvalue weighted by atomic mass is 32.2. The lowest BCUT2D eigenvalue weighted by molar-refractivity contribution is 0.600. The van der Waals surface area contributed by atoms with Crippen LogP contribution in [-0.4, -0.2) is 57.1 Å². The smallest absolute Gasteiger partial charge is 0.182 e. The summed E-state index contributed by atoms with van der Waals surface area (Å²) < 4.78 is 23.6. The van der Waals surface area contributed by atoms with Crippen molar-refractivity contribution in [1.82, 2.24) is 25.3 Å². The first-order valence-electron chi connectivity index (χ1n) is 5.99. The highest BCUT2D eigenvalue weighted by Gasteiger charge is 2.48. The van der Waals surface area contributed by atoms with E-state index >= 15 is 0 Å². The summed E-state index contributed by atoms with van der Waals surface area (Å²) in [6, 6.07) is -0.408. The van der Waals surface area contributed by atoms with Crippen molar-refractivity contribution in [3.63, 3.8) is 0 Å². The van der Waals surface area contributed by atoms with Crippen LogP contribution in [-0.2, 0) is 9.84 Å². The van der Waals surface area contributed by atoms with Crippen molar-refractivity contribution in [2.75, 3.05) is 16.4 Å². The summed E-state index contributed by atoms with van der Waals surface area (Å²) in [5, 5.41) is 3.55. The fraction of sp³-hybridized carbons (Fsp3) is 0.400. The van der Waals surface area contributed by atoms with Crippen molar-refractivity contribution in [3.8, 4) is 0 Å². The lowest BCUT2D eigenvalue weighted by Crippen LogP contribution is -2.37. The first kappa shape index (κ1) is 12.0. The third-order valence-electron chi connectivity index (χ3n) is 3.61. The number of aromatic amines is 1. The zero-order valence-corrected chi connectivity index (χ0v) is 11.8. The minimum atomic E-state index is -3.04. The molecule has 2 N–H and O–H groups in total. The second-order valence-electron chi connectivity index (χ2n) is 4.87. The van der Waals surface area contributed by atoms with Crippen molar-refractivity contribution in [2.45, 2.75) is 12.1 Å². The standard InChI is InChI=1S/C10H10N6O2S2/c17-20(18)1-5-6(2-20)16(10(19)15-5)9-7-8(12-3-11-7)13-4-14-9/h3-6H,1-2H2,(H,15,19)(H,11,12,13,14)/t5-,6-/m1/s1. The second-order valence-corrected chi connectivity index (χ2v) is 7.41. The molecule has 0 unspecified atom stereocenters. The third kappa shape index (κ3) is 1.61. The number of sulfone groups is 1. The zero-order chi connectivity index (χ0) is 13.9. The Kier molecular flexibility index (Phi) is 2.31. The quantitative estimate of drug-likeness (QED) is 0.661. The first-order valence-corrected chi connectivity index (χ1v) is 8.22. The van der Waals surface area contributed by atoms with Crippen LogP contribution >= 0.6 is 12.2 Å². The molecule has 2 aliphatic rings. The third-order valence-corrected chi connectivity index (χ3v) is 5.64. The Morgan fingerprint density at radius 3 is 3.00 bits per heavy atom. The molecule has 4 rings (SSSR count). The molecule has 10 heteroatoms. The van der Waals surface area contributed by atoms with Crippen LogP contribution in [0, 0.1) is 0 Å². The minimum Gasteiger partial charge on any atom is -0.356 e. The van der Waals surface area contributed by atoms with Gasteiger partial charge in [-0.1, -0.05) is 0 Å². The van der Waals surface area contributed by atoms with Gasteiger partial charge in [0.2, 0.25) is 0 Å². The molecule has 0 radical (unpaired) electrons. The zero-order valence-electron chi connectivity index (χ0n) is 10.1. The summed E-state index contributed by atoms with van der Waals surface area (Å²) in [5.41, 5.74) is 1.18. The summed E-state index contributed by atoms with van der Waals surface area (Å²) >= 11 is 5.31. The number of nitrogens with zero attached hydrogens (tertiary/aromatic N) is 4. The van der Waals surface area contributed by atoms with Crippen LogP contribution in [0.1, 0.15) is 0 Å². The van der Waals surface area contributed by atoms with E-state index in [1.165, 1.54) is 12.7 Å². The van der Waals surface area contributed by atoms with Crippen molar-refractivity contribution < 1.29 is 8.42 Å². The molecular weight excluding hydrogens is 300 g/mol. The molecule has 104 valence electrons.